The third-order valence-electron chi connectivity index (χ3n) is 12.6. The maximum absolute atomic E-state index is 12.8. The Labute approximate surface area is 374 Å². The molecular formula is C54H104O6. The van der Waals surface area contributed by atoms with Crippen LogP contribution in [0, 0.1) is 11.8 Å². The Bertz CT molecular complexity index is 918. The maximum Gasteiger partial charge on any atom is 0.306 e. The van der Waals surface area contributed by atoms with Gasteiger partial charge >= 0.3 is 17.9 Å². The molecule has 0 rings (SSSR count). The molecule has 0 radical (unpaired) electrons. The van der Waals surface area contributed by atoms with Crippen LogP contribution in [0.4, 0.5) is 0 Å². The fourth-order valence-electron chi connectivity index (χ4n) is 8.13. The maximum atomic E-state index is 12.8. The largest absolute Gasteiger partial charge is 0.462 e. The average Bonchev–Trinajstić information content (AvgIpc) is 3.23. The van der Waals surface area contributed by atoms with Crippen molar-refractivity contribution in [3.63, 3.8) is 0 Å². The van der Waals surface area contributed by atoms with Gasteiger partial charge in [0.15, 0.2) is 6.10 Å². The van der Waals surface area contributed by atoms with Gasteiger partial charge in [-0.25, -0.2) is 0 Å². The van der Waals surface area contributed by atoms with E-state index in [0.29, 0.717) is 19.3 Å². The highest BCUT2D eigenvalue weighted by atomic mass is 16.6. The van der Waals surface area contributed by atoms with Gasteiger partial charge in [-0.15, -0.1) is 0 Å². The van der Waals surface area contributed by atoms with Crippen molar-refractivity contribution in [3.8, 4) is 0 Å². The summed E-state index contributed by atoms with van der Waals surface area (Å²) in [6.07, 6.45) is 48.2. The molecule has 6 heteroatoms. The van der Waals surface area contributed by atoms with Crippen LogP contribution in [-0.2, 0) is 28.6 Å². The Morgan fingerprint density at radius 1 is 0.350 bits per heavy atom. The first kappa shape index (κ1) is 58.4. The van der Waals surface area contributed by atoms with Gasteiger partial charge in [0.05, 0.1) is 0 Å². The van der Waals surface area contributed by atoms with Crippen LogP contribution >= 0.6 is 0 Å². The Hall–Kier alpha value is -1.59. The zero-order chi connectivity index (χ0) is 44.0. The fraction of sp³-hybridized carbons (Fsp3) is 0.944. The van der Waals surface area contributed by atoms with Gasteiger partial charge in [-0.1, -0.05) is 259 Å². The van der Waals surface area contributed by atoms with Gasteiger partial charge in [-0.3, -0.25) is 14.4 Å². The Morgan fingerprint density at radius 3 is 0.950 bits per heavy atom. The number of rotatable bonds is 48. The highest BCUT2D eigenvalue weighted by Gasteiger charge is 2.19. The lowest BCUT2D eigenvalue weighted by Crippen LogP contribution is -2.30. The molecule has 0 aromatic carbocycles. The van der Waals surface area contributed by atoms with E-state index >= 15 is 0 Å². The van der Waals surface area contributed by atoms with Crippen LogP contribution in [0.25, 0.3) is 0 Å². The highest BCUT2D eigenvalue weighted by molar-refractivity contribution is 5.71. The molecule has 0 aromatic heterocycles. The van der Waals surface area contributed by atoms with Crippen LogP contribution in [0.5, 0.6) is 0 Å². The summed E-state index contributed by atoms with van der Waals surface area (Å²) in [5.41, 5.74) is 0. The van der Waals surface area contributed by atoms with E-state index in [2.05, 4.69) is 34.6 Å². The predicted octanol–water partition coefficient (Wildman–Crippen LogP) is 17.3. The minimum absolute atomic E-state index is 0.0642. The first-order chi connectivity index (χ1) is 29.3. The van der Waals surface area contributed by atoms with Gasteiger partial charge in [0.2, 0.25) is 0 Å². The van der Waals surface area contributed by atoms with Crippen molar-refractivity contribution >= 4 is 17.9 Å². The first-order valence-corrected chi connectivity index (χ1v) is 26.8. The number of unbranched alkanes of at least 4 members (excludes halogenated alkanes) is 32. The summed E-state index contributed by atoms with van der Waals surface area (Å²) in [5.74, 6) is 0.874. The van der Waals surface area contributed by atoms with Crippen LogP contribution in [-0.4, -0.2) is 37.2 Å². The third kappa shape index (κ3) is 45.9. The van der Waals surface area contributed by atoms with Crippen molar-refractivity contribution in [2.75, 3.05) is 13.2 Å². The molecule has 0 saturated carbocycles. The number of ether oxygens (including phenoxy) is 3. The summed E-state index contributed by atoms with van der Waals surface area (Å²) >= 11 is 0. The number of esters is 3. The van der Waals surface area contributed by atoms with Crippen LogP contribution in [0.15, 0.2) is 0 Å². The lowest BCUT2D eigenvalue weighted by Gasteiger charge is -2.18. The summed E-state index contributed by atoms with van der Waals surface area (Å²) in [7, 11) is 0. The lowest BCUT2D eigenvalue weighted by molar-refractivity contribution is -0.167. The van der Waals surface area contributed by atoms with Crippen LogP contribution in [0.1, 0.15) is 298 Å². The Balaban J connectivity index is 4.14. The molecule has 2 atom stereocenters. The predicted molar refractivity (Wildman–Crippen MR) is 256 cm³/mol. The van der Waals surface area contributed by atoms with Crippen molar-refractivity contribution < 1.29 is 28.6 Å². The summed E-state index contributed by atoms with van der Waals surface area (Å²) in [6, 6.07) is 0. The van der Waals surface area contributed by atoms with E-state index in [0.717, 1.165) is 69.6 Å². The molecule has 60 heavy (non-hydrogen) atoms. The number of hydrogen-bond acceptors (Lipinski definition) is 6. The zero-order valence-corrected chi connectivity index (χ0v) is 41.1. The molecule has 0 N–H and O–H groups in total. The molecule has 0 amide bonds. The van der Waals surface area contributed by atoms with E-state index in [-0.39, 0.29) is 31.1 Å². The summed E-state index contributed by atoms with van der Waals surface area (Å²) in [5, 5.41) is 0. The van der Waals surface area contributed by atoms with Crippen LogP contribution in [0.3, 0.4) is 0 Å². The topological polar surface area (TPSA) is 78.9 Å². The molecule has 0 heterocycles. The van der Waals surface area contributed by atoms with Crippen molar-refractivity contribution in [1.29, 1.82) is 0 Å². The molecule has 0 bridgehead atoms. The van der Waals surface area contributed by atoms with Gasteiger partial charge in [0.25, 0.3) is 0 Å². The summed E-state index contributed by atoms with van der Waals surface area (Å²) in [4.78, 5) is 37.8. The second kappa shape index (κ2) is 46.9. The van der Waals surface area contributed by atoms with Gasteiger partial charge in [-0.2, -0.15) is 0 Å². The quantitative estimate of drug-likeness (QED) is 0.0345. The van der Waals surface area contributed by atoms with E-state index in [1.165, 1.54) is 186 Å². The second-order valence-electron chi connectivity index (χ2n) is 19.2. The molecule has 356 valence electrons. The standard InChI is InChI=1S/C54H104O6/c1-6-8-9-10-27-34-39-44-52(55)58-47-51(48-59-53(56)45-40-35-30-25-22-21-23-28-32-37-42-49(3)4)60-54(57)46-41-36-31-26-20-18-16-14-12-11-13-15-17-19-24-29-33-38-43-50(5)7-2/h49-51H,6-48H2,1-5H3/t50?,51-/m1/s1. The van der Waals surface area contributed by atoms with E-state index in [1.807, 2.05) is 0 Å². The van der Waals surface area contributed by atoms with Gasteiger partial charge in [0.1, 0.15) is 13.2 Å². The monoisotopic (exact) mass is 849 g/mol. The van der Waals surface area contributed by atoms with Crippen molar-refractivity contribution in [2.45, 2.75) is 304 Å². The SMILES string of the molecule is CCCCCCCCCC(=O)OC[C@H](COC(=O)CCCCCCCCCCCCC(C)C)OC(=O)CCCCCCCCCCCCCCCCCCCCC(C)CC. The molecule has 0 aliphatic carbocycles. The number of carbonyl (C=O) groups is 3. The molecule has 0 aliphatic rings. The molecule has 0 aliphatic heterocycles. The third-order valence-corrected chi connectivity index (χ3v) is 12.6. The molecule has 0 aromatic rings. The Morgan fingerprint density at radius 2 is 0.633 bits per heavy atom. The molecule has 0 saturated heterocycles. The minimum Gasteiger partial charge on any atom is -0.462 e. The molecule has 0 spiro atoms. The Kier molecular flexibility index (Phi) is 45.7. The van der Waals surface area contributed by atoms with Crippen molar-refractivity contribution in [3.05, 3.63) is 0 Å². The van der Waals surface area contributed by atoms with Crippen LogP contribution in [0.2, 0.25) is 0 Å². The van der Waals surface area contributed by atoms with Gasteiger partial charge in [-0.05, 0) is 31.1 Å². The molecule has 1 unspecified atom stereocenters. The number of carbonyl (C=O) groups excluding carboxylic acids is 3. The zero-order valence-electron chi connectivity index (χ0n) is 41.1. The second-order valence-corrected chi connectivity index (χ2v) is 19.2. The lowest BCUT2D eigenvalue weighted by atomic mass is 9.99. The molecule has 0 fully saturated rings. The fourth-order valence-corrected chi connectivity index (χ4v) is 8.13. The first-order valence-electron chi connectivity index (χ1n) is 26.8. The smallest absolute Gasteiger partial charge is 0.306 e. The van der Waals surface area contributed by atoms with Gasteiger partial charge in [0, 0.05) is 19.3 Å². The average molecular weight is 849 g/mol. The molecular weight excluding hydrogens is 745 g/mol. The van der Waals surface area contributed by atoms with Gasteiger partial charge < -0.3 is 14.2 Å². The highest BCUT2D eigenvalue weighted by Crippen LogP contribution is 2.18. The van der Waals surface area contributed by atoms with Crippen molar-refractivity contribution in [1.82, 2.24) is 0 Å². The minimum atomic E-state index is -0.760. The van der Waals surface area contributed by atoms with E-state index in [9.17, 15) is 14.4 Å². The van der Waals surface area contributed by atoms with Crippen LogP contribution < -0.4 is 0 Å². The normalized spacial score (nSPS) is 12.5. The summed E-state index contributed by atoms with van der Waals surface area (Å²) in [6.45, 7) is 11.4. The number of hydrogen-bond donors (Lipinski definition) is 0. The van der Waals surface area contributed by atoms with E-state index in [4.69, 9.17) is 14.2 Å². The summed E-state index contributed by atoms with van der Waals surface area (Å²) < 4.78 is 16.8. The van der Waals surface area contributed by atoms with Crippen molar-refractivity contribution in [2.24, 2.45) is 11.8 Å². The van der Waals surface area contributed by atoms with E-state index < -0.39 is 6.10 Å². The molecule has 6 nitrogen and oxygen atoms in total. The van der Waals surface area contributed by atoms with E-state index in [1.54, 1.807) is 0 Å².